The van der Waals surface area contributed by atoms with Crippen LogP contribution in [0.5, 0.6) is 0 Å². The third kappa shape index (κ3) is 5.03. The molecule has 1 aliphatic heterocycles. The van der Waals surface area contributed by atoms with E-state index in [2.05, 4.69) is 20.5 Å². The summed E-state index contributed by atoms with van der Waals surface area (Å²) in [5.74, 6) is -1.33. The number of carbonyl (C=O) groups excluding carboxylic acids is 2. The third-order valence-electron chi connectivity index (χ3n) is 4.08. The predicted octanol–water partition coefficient (Wildman–Crippen LogP) is 1.22. The normalized spacial score (nSPS) is 13.9. The Kier molecular flexibility index (Phi) is 6.16. The van der Waals surface area contributed by atoms with Crippen molar-refractivity contribution in [2.24, 2.45) is 0 Å². The Morgan fingerprint density at radius 2 is 1.92 bits per heavy atom. The summed E-state index contributed by atoms with van der Waals surface area (Å²) in [5, 5.41) is 5.26. The van der Waals surface area contributed by atoms with Crippen molar-refractivity contribution < 1.29 is 14.3 Å². The van der Waals surface area contributed by atoms with E-state index < -0.39 is 11.8 Å². The minimum atomic E-state index is -0.676. The van der Waals surface area contributed by atoms with Crippen molar-refractivity contribution >= 4 is 23.2 Å². The number of ether oxygens (including phenoxy) is 1. The summed E-state index contributed by atoms with van der Waals surface area (Å²) in [6.07, 6.45) is 2.28. The summed E-state index contributed by atoms with van der Waals surface area (Å²) in [4.78, 5) is 30.4. The summed E-state index contributed by atoms with van der Waals surface area (Å²) < 4.78 is 5.35. The maximum absolute atomic E-state index is 12.1. The Morgan fingerprint density at radius 3 is 2.69 bits per heavy atom. The molecule has 0 spiro atoms. The van der Waals surface area contributed by atoms with E-state index in [-0.39, 0.29) is 0 Å². The fourth-order valence-corrected chi connectivity index (χ4v) is 2.72. The Labute approximate surface area is 152 Å². The number of amides is 2. The van der Waals surface area contributed by atoms with Crippen LogP contribution < -0.4 is 15.5 Å². The number of hydrogen-bond donors (Lipinski definition) is 2. The summed E-state index contributed by atoms with van der Waals surface area (Å²) >= 11 is 0. The maximum atomic E-state index is 12.1. The van der Waals surface area contributed by atoms with Crippen LogP contribution in [0.15, 0.2) is 48.7 Å². The number of benzene rings is 1. The number of anilines is 2. The number of carbonyl (C=O) groups is 2. The molecule has 0 bridgehead atoms. The van der Waals surface area contributed by atoms with Gasteiger partial charge in [0.25, 0.3) is 0 Å². The lowest BCUT2D eigenvalue weighted by molar-refractivity contribution is -0.136. The number of morpholine rings is 1. The van der Waals surface area contributed by atoms with Gasteiger partial charge in [-0.25, -0.2) is 0 Å². The SMILES string of the molecule is O=C(NCCc1ccccn1)C(=O)Nc1cccc(N2CCOCC2)c1. The molecule has 0 unspecified atom stereocenters. The van der Waals surface area contributed by atoms with Crippen LogP contribution in [0.25, 0.3) is 0 Å². The lowest BCUT2D eigenvalue weighted by atomic mass is 10.2. The van der Waals surface area contributed by atoms with Crippen molar-refractivity contribution in [1.82, 2.24) is 10.3 Å². The van der Waals surface area contributed by atoms with Gasteiger partial charge in [-0.15, -0.1) is 0 Å². The minimum absolute atomic E-state index is 0.358. The molecule has 3 rings (SSSR count). The van der Waals surface area contributed by atoms with Gasteiger partial charge in [0, 0.05) is 49.3 Å². The predicted molar refractivity (Wildman–Crippen MR) is 99.1 cm³/mol. The van der Waals surface area contributed by atoms with Crippen LogP contribution in [0.2, 0.25) is 0 Å². The van der Waals surface area contributed by atoms with Gasteiger partial charge in [-0.2, -0.15) is 0 Å². The quantitative estimate of drug-likeness (QED) is 0.789. The van der Waals surface area contributed by atoms with E-state index in [1.807, 2.05) is 36.4 Å². The maximum Gasteiger partial charge on any atom is 0.313 e. The van der Waals surface area contributed by atoms with Crippen LogP contribution in [0.4, 0.5) is 11.4 Å². The van der Waals surface area contributed by atoms with Gasteiger partial charge in [-0.3, -0.25) is 14.6 Å². The van der Waals surface area contributed by atoms with E-state index >= 15 is 0 Å². The Morgan fingerprint density at radius 1 is 1.08 bits per heavy atom. The fraction of sp³-hybridized carbons (Fsp3) is 0.316. The van der Waals surface area contributed by atoms with Crippen molar-refractivity contribution in [2.75, 3.05) is 43.1 Å². The molecule has 0 atom stereocenters. The molecule has 1 aromatic heterocycles. The van der Waals surface area contributed by atoms with Crippen LogP contribution in [0, 0.1) is 0 Å². The smallest absolute Gasteiger partial charge is 0.313 e. The molecule has 136 valence electrons. The first-order valence-electron chi connectivity index (χ1n) is 8.64. The van der Waals surface area contributed by atoms with Gasteiger partial charge < -0.3 is 20.3 Å². The third-order valence-corrected chi connectivity index (χ3v) is 4.08. The number of nitrogens with one attached hydrogen (secondary N) is 2. The largest absolute Gasteiger partial charge is 0.378 e. The lowest BCUT2D eigenvalue weighted by Crippen LogP contribution is -2.37. The van der Waals surface area contributed by atoms with Gasteiger partial charge in [0.05, 0.1) is 13.2 Å². The summed E-state index contributed by atoms with van der Waals surface area (Å²) in [6, 6.07) is 13.1. The minimum Gasteiger partial charge on any atom is -0.378 e. The zero-order chi connectivity index (χ0) is 18.2. The second-order valence-corrected chi connectivity index (χ2v) is 5.93. The molecule has 2 aromatic rings. The van der Waals surface area contributed by atoms with Crippen LogP contribution in [0.3, 0.4) is 0 Å². The van der Waals surface area contributed by atoms with Gasteiger partial charge >= 0.3 is 11.8 Å². The van der Waals surface area contributed by atoms with E-state index in [9.17, 15) is 9.59 Å². The summed E-state index contributed by atoms with van der Waals surface area (Å²) in [6.45, 7) is 3.36. The van der Waals surface area contributed by atoms with E-state index in [1.165, 1.54) is 0 Å². The van der Waals surface area contributed by atoms with Gasteiger partial charge in [-0.05, 0) is 30.3 Å². The fourth-order valence-electron chi connectivity index (χ4n) is 2.72. The first kappa shape index (κ1) is 17.9. The van der Waals surface area contributed by atoms with Crippen LogP contribution >= 0.6 is 0 Å². The number of rotatable bonds is 5. The molecule has 7 heteroatoms. The Bertz CT molecular complexity index is 745. The van der Waals surface area contributed by atoms with Crippen molar-refractivity contribution in [3.63, 3.8) is 0 Å². The molecule has 2 amide bonds. The van der Waals surface area contributed by atoms with Crippen LogP contribution in [-0.4, -0.2) is 49.6 Å². The van der Waals surface area contributed by atoms with Gasteiger partial charge in [0.15, 0.2) is 0 Å². The van der Waals surface area contributed by atoms with Gasteiger partial charge in [0.2, 0.25) is 0 Å². The lowest BCUT2D eigenvalue weighted by Gasteiger charge is -2.29. The number of hydrogen-bond acceptors (Lipinski definition) is 5. The number of nitrogens with zero attached hydrogens (tertiary/aromatic N) is 2. The van der Waals surface area contributed by atoms with Crippen molar-refractivity contribution in [1.29, 1.82) is 0 Å². The average Bonchev–Trinajstić information content (AvgIpc) is 2.69. The Hall–Kier alpha value is -2.93. The molecule has 7 nitrogen and oxygen atoms in total. The first-order valence-corrected chi connectivity index (χ1v) is 8.64. The number of aromatic nitrogens is 1. The van der Waals surface area contributed by atoms with Crippen molar-refractivity contribution in [2.45, 2.75) is 6.42 Å². The van der Waals surface area contributed by atoms with Crippen LogP contribution in [-0.2, 0) is 20.7 Å². The zero-order valence-electron chi connectivity index (χ0n) is 14.5. The molecule has 2 heterocycles. The highest BCUT2D eigenvalue weighted by Gasteiger charge is 2.15. The molecule has 0 aliphatic carbocycles. The highest BCUT2D eigenvalue weighted by atomic mass is 16.5. The van der Waals surface area contributed by atoms with Crippen LogP contribution in [0.1, 0.15) is 5.69 Å². The number of pyridine rings is 1. The Balaban J connectivity index is 1.49. The molecule has 26 heavy (non-hydrogen) atoms. The first-order chi connectivity index (χ1) is 12.7. The highest BCUT2D eigenvalue weighted by Crippen LogP contribution is 2.20. The van der Waals surface area contributed by atoms with Gasteiger partial charge in [-0.1, -0.05) is 12.1 Å². The molecular weight excluding hydrogens is 332 g/mol. The standard InChI is InChI=1S/C19H22N4O3/c24-18(21-9-7-15-4-1-2-8-20-15)19(25)22-16-5-3-6-17(14-16)23-10-12-26-13-11-23/h1-6,8,14H,7,9-13H2,(H,21,24)(H,22,25). The monoisotopic (exact) mass is 354 g/mol. The second kappa shape index (κ2) is 8.96. The average molecular weight is 354 g/mol. The molecule has 0 radical (unpaired) electrons. The second-order valence-electron chi connectivity index (χ2n) is 5.93. The molecular formula is C19H22N4O3. The topological polar surface area (TPSA) is 83.6 Å². The van der Waals surface area contributed by atoms with E-state index in [0.29, 0.717) is 31.9 Å². The van der Waals surface area contributed by atoms with E-state index in [4.69, 9.17) is 4.74 Å². The molecule has 2 N–H and O–H groups in total. The molecule has 1 aliphatic rings. The molecule has 1 aromatic carbocycles. The van der Waals surface area contributed by atoms with Gasteiger partial charge in [0.1, 0.15) is 0 Å². The van der Waals surface area contributed by atoms with E-state index in [0.717, 1.165) is 24.5 Å². The molecule has 0 saturated carbocycles. The molecule has 1 saturated heterocycles. The van der Waals surface area contributed by atoms with Crippen molar-refractivity contribution in [3.8, 4) is 0 Å². The summed E-state index contributed by atoms with van der Waals surface area (Å²) in [5.41, 5.74) is 2.46. The van der Waals surface area contributed by atoms with Crippen molar-refractivity contribution in [3.05, 3.63) is 54.4 Å². The molecule has 1 fully saturated rings. The summed E-state index contributed by atoms with van der Waals surface area (Å²) in [7, 11) is 0. The zero-order valence-corrected chi connectivity index (χ0v) is 14.5. The highest BCUT2D eigenvalue weighted by molar-refractivity contribution is 6.39. The van der Waals surface area contributed by atoms with E-state index in [1.54, 1.807) is 12.3 Å².